The molecule has 0 heterocycles. The van der Waals surface area contributed by atoms with Crippen molar-refractivity contribution in [2.75, 3.05) is 5.32 Å². The Balaban J connectivity index is 1.97. The fourth-order valence-corrected chi connectivity index (χ4v) is 1.94. The van der Waals surface area contributed by atoms with Crippen LogP contribution < -0.4 is 5.32 Å². The van der Waals surface area contributed by atoms with Crippen molar-refractivity contribution in [1.29, 1.82) is 0 Å². The minimum Gasteiger partial charge on any atom is -0.322 e. The van der Waals surface area contributed by atoms with E-state index >= 15 is 0 Å². The quantitative estimate of drug-likeness (QED) is 0.849. The SMILES string of the molecule is C[C](C)CCc1ccc(C(=O)Nc2ccccc2)cc1. The van der Waals surface area contributed by atoms with Crippen molar-refractivity contribution >= 4 is 11.6 Å². The Morgan fingerprint density at radius 3 is 2.20 bits per heavy atom. The zero-order valence-corrected chi connectivity index (χ0v) is 12.0. The Bertz CT molecular complexity index is 543. The van der Waals surface area contributed by atoms with E-state index in [2.05, 4.69) is 19.2 Å². The van der Waals surface area contributed by atoms with Crippen molar-refractivity contribution in [2.45, 2.75) is 26.7 Å². The summed E-state index contributed by atoms with van der Waals surface area (Å²) in [5.41, 5.74) is 2.77. The minimum atomic E-state index is -0.0685. The molecule has 2 rings (SSSR count). The second-order valence-electron chi connectivity index (χ2n) is 5.22. The molecule has 0 bridgehead atoms. The fourth-order valence-electron chi connectivity index (χ4n) is 1.94. The maximum atomic E-state index is 12.1. The van der Waals surface area contributed by atoms with Crippen molar-refractivity contribution in [2.24, 2.45) is 0 Å². The number of rotatable bonds is 5. The van der Waals surface area contributed by atoms with Crippen LogP contribution in [0.4, 0.5) is 5.69 Å². The van der Waals surface area contributed by atoms with Crippen molar-refractivity contribution in [1.82, 2.24) is 0 Å². The van der Waals surface area contributed by atoms with Gasteiger partial charge in [0.05, 0.1) is 0 Å². The zero-order chi connectivity index (χ0) is 14.4. The van der Waals surface area contributed by atoms with E-state index in [4.69, 9.17) is 0 Å². The van der Waals surface area contributed by atoms with Gasteiger partial charge in [-0.2, -0.15) is 0 Å². The van der Waals surface area contributed by atoms with Crippen molar-refractivity contribution in [3.8, 4) is 0 Å². The Morgan fingerprint density at radius 1 is 0.950 bits per heavy atom. The number of carbonyl (C=O) groups excluding carboxylic acids is 1. The Labute approximate surface area is 120 Å². The van der Waals surface area contributed by atoms with E-state index < -0.39 is 0 Å². The first-order valence-electron chi connectivity index (χ1n) is 6.89. The van der Waals surface area contributed by atoms with Gasteiger partial charge < -0.3 is 5.32 Å². The van der Waals surface area contributed by atoms with Crippen LogP contribution in [0.15, 0.2) is 54.6 Å². The van der Waals surface area contributed by atoms with Gasteiger partial charge in [-0.25, -0.2) is 0 Å². The molecular formula is C18H20NO. The van der Waals surface area contributed by atoms with Gasteiger partial charge in [0.15, 0.2) is 0 Å². The third-order valence-electron chi connectivity index (χ3n) is 3.16. The first kappa shape index (κ1) is 14.3. The third-order valence-corrected chi connectivity index (χ3v) is 3.16. The lowest BCUT2D eigenvalue weighted by Gasteiger charge is -2.07. The predicted molar refractivity (Wildman–Crippen MR) is 83.7 cm³/mol. The molecule has 2 aromatic carbocycles. The number of nitrogens with one attached hydrogen (secondary N) is 1. The molecule has 0 unspecified atom stereocenters. The Hall–Kier alpha value is -2.09. The number of para-hydroxylation sites is 1. The van der Waals surface area contributed by atoms with Crippen LogP contribution in [0, 0.1) is 5.92 Å². The number of hydrogen-bond donors (Lipinski definition) is 1. The molecule has 0 aliphatic rings. The monoisotopic (exact) mass is 266 g/mol. The van der Waals surface area contributed by atoms with Crippen LogP contribution in [0.2, 0.25) is 0 Å². The molecule has 103 valence electrons. The van der Waals surface area contributed by atoms with Gasteiger partial charge >= 0.3 is 0 Å². The van der Waals surface area contributed by atoms with Crippen molar-refractivity contribution in [3.63, 3.8) is 0 Å². The second kappa shape index (κ2) is 6.90. The standard InChI is InChI=1S/C18H20NO/c1-14(2)8-9-15-10-12-16(13-11-15)18(20)19-17-6-4-3-5-7-17/h3-7,10-13H,8-9H2,1-2H3,(H,19,20). The van der Waals surface area contributed by atoms with Gasteiger partial charge in [-0.3, -0.25) is 4.79 Å². The van der Waals surface area contributed by atoms with Gasteiger partial charge in [0.1, 0.15) is 0 Å². The maximum absolute atomic E-state index is 12.1. The van der Waals surface area contributed by atoms with Gasteiger partial charge in [-0.15, -0.1) is 0 Å². The van der Waals surface area contributed by atoms with Gasteiger partial charge in [-0.05, 0) is 48.6 Å². The van der Waals surface area contributed by atoms with Gasteiger partial charge in [0.2, 0.25) is 0 Å². The van der Waals surface area contributed by atoms with E-state index in [0.717, 1.165) is 18.5 Å². The van der Waals surface area contributed by atoms with Gasteiger partial charge in [0, 0.05) is 11.3 Å². The lowest BCUT2D eigenvalue weighted by molar-refractivity contribution is 0.102. The molecule has 0 atom stereocenters. The molecule has 1 N–H and O–H groups in total. The van der Waals surface area contributed by atoms with Crippen LogP contribution in [-0.4, -0.2) is 5.91 Å². The minimum absolute atomic E-state index is 0.0685. The van der Waals surface area contributed by atoms with Gasteiger partial charge in [-0.1, -0.05) is 44.2 Å². The summed E-state index contributed by atoms with van der Waals surface area (Å²) >= 11 is 0. The topological polar surface area (TPSA) is 29.1 Å². The number of benzene rings is 2. The molecule has 2 nitrogen and oxygen atoms in total. The summed E-state index contributed by atoms with van der Waals surface area (Å²) in [6.07, 6.45) is 2.12. The van der Waals surface area contributed by atoms with Gasteiger partial charge in [0.25, 0.3) is 5.91 Å². The highest BCUT2D eigenvalue weighted by Gasteiger charge is 2.06. The average molecular weight is 266 g/mol. The molecule has 1 radical (unpaired) electrons. The molecule has 0 saturated heterocycles. The fraction of sp³-hybridized carbons (Fsp3) is 0.222. The largest absolute Gasteiger partial charge is 0.322 e. The van der Waals surface area contributed by atoms with E-state index in [1.807, 2.05) is 54.6 Å². The molecule has 0 aliphatic heterocycles. The number of amides is 1. The molecule has 0 fully saturated rings. The average Bonchev–Trinajstić information content (AvgIpc) is 2.46. The van der Waals surface area contributed by atoms with Crippen molar-refractivity contribution in [3.05, 3.63) is 71.6 Å². The van der Waals surface area contributed by atoms with E-state index in [1.54, 1.807) is 0 Å². The van der Waals surface area contributed by atoms with Crippen LogP contribution in [0.3, 0.4) is 0 Å². The maximum Gasteiger partial charge on any atom is 0.255 e. The molecule has 1 amide bonds. The Morgan fingerprint density at radius 2 is 1.60 bits per heavy atom. The molecule has 0 saturated carbocycles. The first-order chi connectivity index (χ1) is 9.65. The molecular weight excluding hydrogens is 246 g/mol. The number of hydrogen-bond acceptors (Lipinski definition) is 1. The van der Waals surface area contributed by atoms with Crippen LogP contribution in [-0.2, 0) is 6.42 Å². The van der Waals surface area contributed by atoms with Crippen LogP contribution in [0.25, 0.3) is 0 Å². The molecule has 2 aromatic rings. The summed E-state index contributed by atoms with van der Waals surface area (Å²) in [5, 5.41) is 2.88. The highest BCUT2D eigenvalue weighted by molar-refractivity contribution is 6.04. The third kappa shape index (κ3) is 4.23. The van der Waals surface area contributed by atoms with Crippen LogP contribution >= 0.6 is 0 Å². The lowest BCUT2D eigenvalue weighted by atomic mass is 10.0. The predicted octanol–water partition coefficient (Wildman–Crippen LogP) is 4.49. The molecule has 0 spiro atoms. The molecule has 0 aromatic heterocycles. The second-order valence-corrected chi connectivity index (χ2v) is 5.22. The number of anilines is 1. The highest BCUT2D eigenvalue weighted by Crippen LogP contribution is 2.13. The number of carbonyl (C=O) groups is 1. The first-order valence-corrected chi connectivity index (χ1v) is 6.89. The van der Waals surface area contributed by atoms with Crippen LogP contribution in [0.1, 0.15) is 36.2 Å². The highest BCUT2D eigenvalue weighted by atomic mass is 16.1. The summed E-state index contributed by atoms with van der Waals surface area (Å²) in [6, 6.07) is 17.3. The molecule has 0 aliphatic carbocycles. The molecule has 20 heavy (non-hydrogen) atoms. The van der Waals surface area contributed by atoms with Crippen molar-refractivity contribution < 1.29 is 4.79 Å². The summed E-state index contributed by atoms with van der Waals surface area (Å²) in [5.74, 6) is 1.36. The van der Waals surface area contributed by atoms with E-state index in [-0.39, 0.29) is 5.91 Å². The number of aryl methyl sites for hydroxylation is 1. The summed E-state index contributed by atoms with van der Waals surface area (Å²) in [6.45, 7) is 4.28. The normalized spacial score (nSPS) is 10.6. The van der Waals surface area contributed by atoms with E-state index in [9.17, 15) is 4.79 Å². The Kier molecular flexibility index (Phi) is 4.94. The molecule has 2 heteroatoms. The van der Waals surface area contributed by atoms with E-state index in [1.165, 1.54) is 11.5 Å². The smallest absolute Gasteiger partial charge is 0.255 e. The van der Waals surface area contributed by atoms with Crippen LogP contribution in [0.5, 0.6) is 0 Å². The summed E-state index contributed by atoms with van der Waals surface area (Å²) < 4.78 is 0. The zero-order valence-electron chi connectivity index (χ0n) is 12.0. The summed E-state index contributed by atoms with van der Waals surface area (Å²) in [4.78, 5) is 12.1. The summed E-state index contributed by atoms with van der Waals surface area (Å²) in [7, 11) is 0. The lowest BCUT2D eigenvalue weighted by Crippen LogP contribution is -2.11. The van der Waals surface area contributed by atoms with E-state index in [0.29, 0.717) is 5.56 Å².